The fraction of sp³-hybridized carbons (Fsp3) is 0.0690. The van der Waals surface area contributed by atoms with Crippen molar-refractivity contribution in [2.75, 3.05) is 22.5 Å². The number of amides is 1. The molecule has 0 atom stereocenters. The lowest BCUT2D eigenvalue weighted by Gasteiger charge is -2.19. The summed E-state index contributed by atoms with van der Waals surface area (Å²) in [5, 5.41) is 9.78. The first-order chi connectivity index (χ1) is 17.6. The highest BCUT2D eigenvalue weighted by Crippen LogP contribution is 2.28. The average Bonchev–Trinajstić information content (AvgIpc) is 2.89. The van der Waals surface area contributed by atoms with E-state index in [0.29, 0.717) is 28.2 Å². The maximum atomic E-state index is 13.4. The van der Waals surface area contributed by atoms with Crippen LogP contribution in [0.25, 0.3) is 16.7 Å². The number of hydrogen-bond acceptors (Lipinski definition) is 5. The SMILES string of the molecule is Cc1cc(NCC(=O)Nc2ccccc2)c2c(=O)cc(Nc3ccccc3)n(-c3ccccc3)c2n1. The van der Waals surface area contributed by atoms with E-state index < -0.39 is 0 Å². The zero-order chi connectivity index (χ0) is 24.9. The normalized spacial score (nSPS) is 10.7. The van der Waals surface area contributed by atoms with Gasteiger partial charge < -0.3 is 16.0 Å². The smallest absolute Gasteiger partial charge is 0.243 e. The summed E-state index contributed by atoms with van der Waals surface area (Å²) in [5.74, 6) is 0.380. The largest absolute Gasteiger partial charge is 0.375 e. The van der Waals surface area contributed by atoms with Crippen molar-refractivity contribution in [2.24, 2.45) is 0 Å². The van der Waals surface area contributed by atoms with E-state index >= 15 is 0 Å². The molecule has 0 aliphatic carbocycles. The lowest BCUT2D eigenvalue weighted by atomic mass is 10.1. The molecule has 2 heterocycles. The van der Waals surface area contributed by atoms with Gasteiger partial charge in [-0.25, -0.2) is 4.98 Å². The van der Waals surface area contributed by atoms with E-state index in [4.69, 9.17) is 4.98 Å². The number of nitrogens with zero attached hydrogens (tertiary/aromatic N) is 2. The molecule has 0 bridgehead atoms. The zero-order valence-electron chi connectivity index (χ0n) is 19.7. The minimum absolute atomic E-state index is 0.00222. The van der Waals surface area contributed by atoms with Gasteiger partial charge in [0.25, 0.3) is 0 Å². The standard InChI is InChI=1S/C29H25N5O2/c1-20-17-24(30-19-27(36)33-22-13-7-3-8-14-22)28-25(35)18-26(32-21-11-5-2-6-12-21)34(29(28)31-20)23-15-9-4-10-16-23/h2-18,32H,19H2,1H3,(H,30,31)(H,33,36). The van der Waals surface area contributed by atoms with Gasteiger partial charge in [-0.1, -0.05) is 54.6 Å². The number of anilines is 4. The third kappa shape index (κ3) is 4.95. The Morgan fingerprint density at radius 3 is 2.11 bits per heavy atom. The minimum Gasteiger partial charge on any atom is -0.375 e. The van der Waals surface area contributed by atoms with E-state index in [1.165, 1.54) is 0 Å². The molecule has 3 aromatic carbocycles. The van der Waals surface area contributed by atoms with Crippen molar-refractivity contribution in [1.82, 2.24) is 9.55 Å². The first-order valence-electron chi connectivity index (χ1n) is 11.6. The molecule has 3 N–H and O–H groups in total. The van der Waals surface area contributed by atoms with Gasteiger partial charge in [0.1, 0.15) is 5.82 Å². The number of fused-ring (bicyclic) bond motifs is 1. The van der Waals surface area contributed by atoms with Gasteiger partial charge in [0.2, 0.25) is 5.91 Å². The molecule has 0 radical (unpaired) electrons. The number of para-hydroxylation sites is 3. The second-order valence-electron chi connectivity index (χ2n) is 8.33. The topological polar surface area (TPSA) is 88.0 Å². The van der Waals surface area contributed by atoms with Gasteiger partial charge in [-0.2, -0.15) is 0 Å². The molecule has 2 aromatic heterocycles. The summed E-state index contributed by atoms with van der Waals surface area (Å²) in [6.07, 6.45) is 0. The Hall–Kier alpha value is -4.91. The van der Waals surface area contributed by atoms with Gasteiger partial charge in [-0.3, -0.25) is 14.2 Å². The summed E-state index contributed by atoms with van der Waals surface area (Å²) in [4.78, 5) is 30.7. The predicted octanol–water partition coefficient (Wildman–Crippen LogP) is 5.49. The zero-order valence-corrected chi connectivity index (χ0v) is 19.7. The average molecular weight is 476 g/mol. The molecule has 0 aliphatic rings. The molecule has 36 heavy (non-hydrogen) atoms. The van der Waals surface area contributed by atoms with Crippen LogP contribution in [0.4, 0.5) is 22.9 Å². The van der Waals surface area contributed by atoms with Gasteiger partial charge in [0.05, 0.1) is 17.6 Å². The molecule has 5 aromatic rings. The van der Waals surface area contributed by atoms with Crippen molar-refractivity contribution >= 4 is 39.8 Å². The number of benzene rings is 3. The van der Waals surface area contributed by atoms with E-state index in [0.717, 1.165) is 17.1 Å². The number of pyridine rings is 2. The van der Waals surface area contributed by atoms with E-state index in [2.05, 4.69) is 16.0 Å². The van der Waals surface area contributed by atoms with Crippen LogP contribution >= 0.6 is 0 Å². The molecular formula is C29H25N5O2. The maximum Gasteiger partial charge on any atom is 0.243 e. The van der Waals surface area contributed by atoms with Crippen LogP contribution in [0.1, 0.15) is 5.69 Å². The third-order valence-electron chi connectivity index (χ3n) is 5.65. The molecule has 7 heteroatoms. The first kappa shape index (κ1) is 22.9. The summed E-state index contributed by atoms with van der Waals surface area (Å²) in [7, 11) is 0. The lowest BCUT2D eigenvalue weighted by molar-refractivity contribution is -0.114. The molecular weight excluding hydrogens is 450 g/mol. The summed E-state index contributed by atoms with van der Waals surface area (Å²) < 4.78 is 1.92. The van der Waals surface area contributed by atoms with Gasteiger partial charge in [0, 0.05) is 28.8 Å². The van der Waals surface area contributed by atoms with Crippen molar-refractivity contribution in [2.45, 2.75) is 6.92 Å². The number of carbonyl (C=O) groups excluding carboxylic acids is 1. The van der Waals surface area contributed by atoms with Crippen molar-refractivity contribution in [3.8, 4) is 5.69 Å². The summed E-state index contributed by atoms with van der Waals surface area (Å²) in [6.45, 7) is 1.87. The number of nitrogens with one attached hydrogen (secondary N) is 3. The summed E-state index contributed by atoms with van der Waals surface area (Å²) in [6, 6.07) is 32.0. The number of aromatic nitrogens is 2. The molecule has 0 fully saturated rings. The second kappa shape index (κ2) is 10.1. The quantitative estimate of drug-likeness (QED) is 0.290. The Labute approximate surface area is 208 Å². The van der Waals surface area contributed by atoms with Crippen LogP contribution in [0.3, 0.4) is 0 Å². The monoisotopic (exact) mass is 475 g/mol. The molecule has 0 saturated carbocycles. The fourth-order valence-corrected chi connectivity index (χ4v) is 4.08. The van der Waals surface area contributed by atoms with Crippen molar-refractivity contribution in [1.29, 1.82) is 0 Å². The second-order valence-corrected chi connectivity index (χ2v) is 8.33. The number of rotatable bonds is 7. The molecule has 0 saturated heterocycles. The van der Waals surface area contributed by atoms with Crippen LogP contribution in [0, 0.1) is 6.92 Å². The molecule has 7 nitrogen and oxygen atoms in total. The van der Waals surface area contributed by atoms with Crippen molar-refractivity contribution in [3.05, 3.63) is 119 Å². The lowest BCUT2D eigenvalue weighted by Crippen LogP contribution is -2.23. The summed E-state index contributed by atoms with van der Waals surface area (Å²) >= 11 is 0. The van der Waals surface area contributed by atoms with Crippen LogP contribution in [-0.2, 0) is 4.79 Å². The molecule has 0 aliphatic heterocycles. The van der Waals surface area contributed by atoms with Crippen LogP contribution < -0.4 is 21.4 Å². The molecule has 178 valence electrons. The first-order valence-corrected chi connectivity index (χ1v) is 11.6. The Morgan fingerprint density at radius 1 is 0.833 bits per heavy atom. The van der Waals surface area contributed by atoms with E-state index in [1.807, 2.05) is 102 Å². The van der Waals surface area contributed by atoms with Gasteiger partial charge in [-0.15, -0.1) is 0 Å². The van der Waals surface area contributed by atoms with Crippen LogP contribution in [0.5, 0.6) is 0 Å². The Balaban J connectivity index is 1.58. The van der Waals surface area contributed by atoms with Crippen molar-refractivity contribution in [3.63, 3.8) is 0 Å². The number of hydrogen-bond donors (Lipinski definition) is 3. The van der Waals surface area contributed by atoms with Gasteiger partial charge >= 0.3 is 0 Å². The molecule has 0 spiro atoms. The van der Waals surface area contributed by atoms with Crippen LogP contribution in [0.2, 0.25) is 0 Å². The van der Waals surface area contributed by atoms with E-state index in [-0.39, 0.29) is 17.9 Å². The molecule has 1 amide bonds. The van der Waals surface area contributed by atoms with Gasteiger partial charge in [0.15, 0.2) is 11.1 Å². The highest BCUT2D eigenvalue weighted by molar-refractivity contribution is 5.97. The fourth-order valence-electron chi connectivity index (χ4n) is 4.08. The molecule has 0 unspecified atom stereocenters. The molecule has 5 rings (SSSR count). The van der Waals surface area contributed by atoms with Crippen molar-refractivity contribution < 1.29 is 4.79 Å². The minimum atomic E-state index is -0.213. The summed E-state index contributed by atoms with van der Waals surface area (Å²) in [5.41, 5.74) is 3.99. The predicted molar refractivity (Wildman–Crippen MR) is 145 cm³/mol. The maximum absolute atomic E-state index is 13.4. The van der Waals surface area contributed by atoms with E-state index in [9.17, 15) is 9.59 Å². The van der Waals surface area contributed by atoms with Crippen LogP contribution in [0.15, 0.2) is 108 Å². The number of carbonyl (C=O) groups is 1. The highest BCUT2D eigenvalue weighted by Gasteiger charge is 2.17. The Bertz CT molecular complexity index is 1570. The Kier molecular flexibility index (Phi) is 6.44. The van der Waals surface area contributed by atoms with E-state index in [1.54, 1.807) is 12.1 Å². The third-order valence-corrected chi connectivity index (χ3v) is 5.65. The Morgan fingerprint density at radius 2 is 1.44 bits per heavy atom. The van der Waals surface area contributed by atoms with Crippen LogP contribution in [-0.4, -0.2) is 22.0 Å². The van der Waals surface area contributed by atoms with Gasteiger partial charge in [-0.05, 0) is 49.4 Å². The highest BCUT2D eigenvalue weighted by atomic mass is 16.2. The number of aryl methyl sites for hydroxylation is 1.